The van der Waals surface area contributed by atoms with E-state index in [1.807, 2.05) is 66.2 Å². The van der Waals surface area contributed by atoms with Crippen molar-refractivity contribution < 1.29 is 0 Å². The zero-order valence-electron chi connectivity index (χ0n) is 12.1. The molecule has 1 N–H and O–H groups in total. The van der Waals surface area contributed by atoms with E-state index in [1.54, 1.807) is 12.5 Å². The molecule has 0 fully saturated rings. The highest BCUT2D eigenvalue weighted by Gasteiger charge is 2.00. The maximum Gasteiger partial charge on any atom is 0.0991 e. The average Bonchev–Trinajstić information content (AvgIpc) is 3.09. The molecule has 1 heterocycles. The highest BCUT2D eigenvalue weighted by molar-refractivity contribution is 6.30. The first kappa shape index (κ1) is 14.4. The van der Waals surface area contributed by atoms with Gasteiger partial charge in [-0.2, -0.15) is 5.10 Å². The fourth-order valence-corrected chi connectivity index (χ4v) is 2.15. The smallest absolute Gasteiger partial charge is 0.0991 e. The summed E-state index contributed by atoms with van der Waals surface area (Å²) in [7, 11) is 0. The summed E-state index contributed by atoms with van der Waals surface area (Å²) in [6.07, 6.45) is 5.45. The molecule has 0 atom stereocenters. The van der Waals surface area contributed by atoms with E-state index in [4.69, 9.17) is 11.6 Å². The van der Waals surface area contributed by atoms with Crippen LogP contribution >= 0.6 is 11.6 Å². The molecule has 3 rings (SSSR count). The van der Waals surface area contributed by atoms with Gasteiger partial charge in [0.25, 0.3) is 0 Å². The quantitative estimate of drug-likeness (QED) is 0.574. The van der Waals surface area contributed by atoms with Crippen LogP contribution in [0.3, 0.4) is 0 Å². The Labute approximate surface area is 134 Å². The van der Waals surface area contributed by atoms with Gasteiger partial charge in [0.15, 0.2) is 0 Å². The molecule has 0 radical (unpaired) electrons. The molecule has 0 bridgehead atoms. The summed E-state index contributed by atoms with van der Waals surface area (Å²) in [5, 5.41) is 5.10. The molecule has 110 valence electrons. The van der Waals surface area contributed by atoms with Gasteiger partial charge >= 0.3 is 0 Å². The van der Waals surface area contributed by atoms with Crippen LogP contribution in [0, 0.1) is 0 Å². The Morgan fingerprint density at radius 2 is 1.82 bits per heavy atom. The zero-order valence-corrected chi connectivity index (χ0v) is 12.8. The third-order valence-electron chi connectivity index (χ3n) is 3.28. The number of anilines is 1. The van der Waals surface area contributed by atoms with Crippen LogP contribution in [-0.2, 0) is 0 Å². The van der Waals surface area contributed by atoms with Gasteiger partial charge in [0.1, 0.15) is 0 Å². The van der Waals surface area contributed by atoms with Crippen molar-refractivity contribution in [1.82, 2.24) is 9.55 Å². The van der Waals surface area contributed by atoms with E-state index in [0.29, 0.717) is 5.02 Å². The molecule has 0 spiro atoms. The fraction of sp³-hybridized carbons (Fsp3) is 0.0588. The van der Waals surface area contributed by atoms with E-state index in [2.05, 4.69) is 15.5 Å². The Kier molecular flexibility index (Phi) is 4.21. The molecule has 0 saturated carbocycles. The summed E-state index contributed by atoms with van der Waals surface area (Å²) in [6.45, 7) is 1.97. The fourth-order valence-electron chi connectivity index (χ4n) is 2.02. The molecule has 0 aliphatic heterocycles. The van der Waals surface area contributed by atoms with Crippen LogP contribution in [0.2, 0.25) is 5.02 Å². The maximum atomic E-state index is 5.86. The Morgan fingerprint density at radius 3 is 2.45 bits per heavy atom. The van der Waals surface area contributed by atoms with E-state index in [1.165, 1.54) is 0 Å². The summed E-state index contributed by atoms with van der Waals surface area (Å²) < 4.78 is 1.96. The van der Waals surface area contributed by atoms with Crippen molar-refractivity contribution in [2.75, 3.05) is 5.43 Å². The van der Waals surface area contributed by atoms with E-state index < -0.39 is 0 Å². The number of hydrazone groups is 1. The zero-order chi connectivity index (χ0) is 15.4. The van der Waals surface area contributed by atoms with Gasteiger partial charge in [-0.25, -0.2) is 4.98 Å². The Hall–Kier alpha value is -2.59. The van der Waals surface area contributed by atoms with Crippen LogP contribution in [0.4, 0.5) is 5.69 Å². The number of halogens is 1. The van der Waals surface area contributed by atoms with E-state index >= 15 is 0 Å². The monoisotopic (exact) mass is 310 g/mol. The molecule has 1 aromatic heterocycles. The number of imidazole rings is 1. The van der Waals surface area contributed by atoms with Crippen molar-refractivity contribution in [2.45, 2.75) is 6.92 Å². The molecule has 5 heteroatoms. The van der Waals surface area contributed by atoms with Gasteiger partial charge in [0, 0.05) is 23.1 Å². The number of hydrogen-bond acceptors (Lipinski definition) is 3. The minimum atomic E-state index is 0.710. The van der Waals surface area contributed by atoms with Gasteiger partial charge in [-0.05, 0) is 48.9 Å². The Bertz CT molecular complexity index is 759. The predicted molar refractivity (Wildman–Crippen MR) is 90.8 cm³/mol. The lowest BCUT2D eigenvalue weighted by Gasteiger charge is -2.06. The van der Waals surface area contributed by atoms with Gasteiger partial charge < -0.3 is 4.57 Å². The summed E-state index contributed by atoms with van der Waals surface area (Å²) in [6, 6.07) is 15.6. The van der Waals surface area contributed by atoms with Crippen molar-refractivity contribution in [2.24, 2.45) is 5.10 Å². The highest BCUT2D eigenvalue weighted by atomic mass is 35.5. The number of nitrogens with zero attached hydrogens (tertiary/aromatic N) is 3. The second-order valence-electron chi connectivity index (χ2n) is 4.83. The van der Waals surface area contributed by atoms with Crippen LogP contribution in [0.25, 0.3) is 5.69 Å². The molecule has 22 heavy (non-hydrogen) atoms. The molecule has 0 aliphatic rings. The van der Waals surface area contributed by atoms with Gasteiger partial charge in [-0.1, -0.05) is 23.7 Å². The van der Waals surface area contributed by atoms with Crippen LogP contribution in [0.15, 0.2) is 72.4 Å². The van der Waals surface area contributed by atoms with Crippen LogP contribution in [0.1, 0.15) is 12.5 Å². The summed E-state index contributed by atoms with van der Waals surface area (Å²) >= 11 is 5.86. The molecule has 0 unspecified atom stereocenters. The van der Waals surface area contributed by atoms with Crippen molar-refractivity contribution in [3.05, 3.63) is 77.8 Å². The first-order valence-electron chi connectivity index (χ1n) is 6.87. The molecule has 2 aromatic carbocycles. The predicted octanol–water partition coefficient (Wildman–Crippen LogP) is 4.36. The minimum Gasteiger partial charge on any atom is -0.306 e. The summed E-state index contributed by atoms with van der Waals surface area (Å²) in [5.41, 5.74) is 6.97. The van der Waals surface area contributed by atoms with E-state index in [9.17, 15) is 0 Å². The SMILES string of the molecule is CC(=NNc1ccc(Cl)cc1)c1ccc(-n2ccnc2)cc1. The van der Waals surface area contributed by atoms with Crippen molar-refractivity contribution in [3.8, 4) is 5.69 Å². The average molecular weight is 311 g/mol. The van der Waals surface area contributed by atoms with Gasteiger partial charge in [-0.3, -0.25) is 5.43 Å². The Morgan fingerprint density at radius 1 is 1.09 bits per heavy atom. The number of aromatic nitrogens is 2. The third-order valence-corrected chi connectivity index (χ3v) is 3.54. The summed E-state index contributed by atoms with van der Waals surface area (Å²) in [5.74, 6) is 0. The lowest BCUT2D eigenvalue weighted by molar-refractivity contribution is 1.06. The molecule has 0 amide bonds. The Balaban J connectivity index is 1.72. The van der Waals surface area contributed by atoms with Crippen molar-refractivity contribution in [3.63, 3.8) is 0 Å². The van der Waals surface area contributed by atoms with E-state index in [-0.39, 0.29) is 0 Å². The molecule has 3 aromatic rings. The highest BCUT2D eigenvalue weighted by Crippen LogP contribution is 2.14. The van der Waals surface area contributed by atoms with Crippen LogP contribution in [-0.4, -0.2) is 15.3 Å². The van der Waals surface area contributed by atoms with Crippen LogP contribution in [0.5, 0.6) is 0 Å². The number of rotatable bonds is 4. The third kappa shape index (κ3) is 3.35. The van der Waals surface area contributed by atoms with Gasteiger partial charge in [0.05, 0.1) is 17.7 Å². The molecular formula is C17H15ClN4. The van der Waals surface area contributed by atoms with Gasteiger partial charge in [0.2, 0.25) is 0 Å². The lowest BCUT2D eigenvalue weighted by atomic mass is 10.1. The first-order valence-corrected chi connectivity index (χ1v) is 7.25. The number of hydrogen-bond donors (Lipinski definition) is 1. The standard InChI is InChI=1S/C17H15ClN4/c1-13(20-21-16-6-4-15(18)5-7-16)14-2-8-17(9-3-14)22-11-10-19-12-22/h2-12,21H,1H3. The normalized spacial score (nSPS) is 11.5. The molecular weight excluding hydrogens is 296 g/mol. The van der Waals surface area contributed by atoms with Crippen molar-refractivity contribution >= 4 is 23.0 Å². The summed E-state index contributed by atoms with van der Waals surface area (Å²) in [4.78, 5) is 4.05. The van der Waals surface area contributed by atoms with E-state index in [0.717, 1.165) is 22.6 Å². The lowest BCUT2D eigenvalue weighted by Crippen LogP contribution is -2.00. The maximum absolute atomic E-state index is 5.86. The van der Waals surface area contributed by atoms with Crippen molar-refractivity contribution in [1.29, 1.82) is 0 Å². The second-order valence-corrected chi connectivity index (χ2v) is 5.27. The second kappa shape index (κ2) is 6.45. The number of nitrogens with one attached hydrogen (secondary N) is 1. The molecule has 0 aliphatic carbocycles. The van der Waals surface area contributed by atoms with Crippen LogP contribution < -0.4 is 5.43 Å². The molecule has 4 nitrogen and oxygen atoms in total. The number of benzene rings is 2. The topological polar surface area (TPSA) is 42.2 Å². The van der Waals surface area contributed by atoms with Gasteiger partial charge in [-0.15, -0.1) is 0 Å². The minimum absolute atomic E-state index is 0.710. The first-order chi connectivity index (χ1) is 10.7. The largest absolute Gasteiger partial charge is 0.306 e. The molecule has 0 saturated heterocycles.